The van der Waals surface area contributed by atoms with Crippen LogP contribution in [0.3, 0.4) is 0 Å². The van der Waals surface area contributed by atoms with Gasteiger partial charge in [0.25, 0.3) is 15.9 Å². The predicted octanol–water partition coefficient (Wildman–Crippen LogP) is 3.70. The van der Waals surface area contributed by atoms with E-state index < -0.39 is 27.9 Å². The summed E-state index contributed by atoms with van der Waals surface area (Å²) < 4.78 is 26.8. The van der Waals surface area contributed by atoms with Crippen LogP contribution in [0.4, 0.5) is 0 Å². The average Bonchev–Trinajstić information content (AvgIpc) is 3.14. The first-order valence-electron chi connectivity index (χ1n) is 13.0. The van der Waals surface area contributed by atoms with Crippen LogP contribution in [0.2, 0.25) is 0 Å². The standard InChI is InChI=1S/C30H33N3O5S/c1-3-18-31-29(35)26(20-23-9-5-4-6-10-23)32(21-24-15-13-22(2)14-16-24)28(34)17-19-33-30(36)25-11-7-8-12-27(25)39(33,37)38/h4-16,26H,3,17-21H2,1-2H3,(H,31,35)/t26-/m1/s1. The zero-order valence-corrected chi connectivity index (χ0v) is 23.0. The van der Waals surface area contributed by atoms with Gasteiger partial charge in [-0.1, -0.05) is 79.2 Å². The molecule has 4 rings (SSSR count). The first-order valence-corrected chi connectivity index (χ1v) is 14.5. The fourth-order valence-electron chi connectivity index (χ4n) is 4.60. The smallest absolute Gasteiger partial charge is 0.269 e. The fourth-order valence-corrected chi connectivity index (χ4v) is 6.17. The molecule has 0 aliphatic carbocycles. The molecule has 3 aromatic rings. The van der Waals surface area contributed by atoms with E-state index in [4.69, 9.17) is 0 Å². The average molecular weight is 548 g/mol. The summed E-state index contributed by atoms with van der Waals surface area (Å²) in [5, 5.41) is 2.92. The number of benzene rings is 3. The SMILES string of the molecule is CCCNC(=O)[C@@H](Cc1ccccc1)N(Cc1ccc(C)cc1)C(=O)CCN1C(=O)c2ccccc2S1(=O)=O. The van der Waals surface area contributed by atoms with Gasteiger partial charge in [-0.15, -0.1) is 0 Å². The lowest BCUT2D eigenvalue weighted by atomic mass is 10.0. The first-order chi connectivity index (χ1) is 18.7. The molecule has 3 aromatic carbocycles. The van der Waals surface area contributed by atoms with E-state index in [1.165, 1.54) is 17.0 Å². The molecular formula is C30H33N3O5S. The van der Waals surface area contributed by atoms with Crippen molar-refractivity contribution in [1.82, 2.24) is 14.5 Å². The monoisotopic (exact) mass is 547 g/mol. The van der Waals surface area contributed by atoms with Crippen molar-refractivity contribution >= 4 is 27.7 Å². The number of hydrogen-bond donors (Lipinski definition) is 1. The van der Waals surface area contributed by atoms with E-state index >= 15 is 0 Å². The fraction of sp³-hybridized carbons (Fsp3) is 0.300. The maximum Gasteiger partial charge on any atom is 0.269 e. The van der Waals surface area contributed by atoms with Crippen LogP contribution in [0.1, 0.15) is 46.8 Å². The van der Waals surface area contributed by atoms with Gasteiger partial charge in [-0.2, -0.15) is 0 Å². The summed E-state index contributed by atoms with van der Waals surface area (Å²) in [6, 6.07) is 22.3. The van der Waals surface area contributed by atoms with E-state index in [9.17, 15) is 22.8 Å². The van der Waals surface area contributed by atoms with Gasteiger partial charge in [-0.05, 0) is 36.6 Å². The number of carbonyl (C=O) groups is 3. The third-order valence-corrected chi connectivity index (χ3v) is 8.58. The number of rotatable bonds is 11. The number of sulfonamides is 1. The van der Waals surface area contributed by atoms with Crippen molar-refractivity contribution in [2.75, 3.05) is 13.1 Å². The number of hydrogen-bond acceptors (Lipinski definition) is 5. The lowest BCUT2D eigenvalue weighted by Gasteiger charge is -2.32. The van der Waals surface area contributed by atoms with Crippen LogP contribution in [0, 0.1) is 6.92 Å². The summed E-state index contributed by atoms with van der Waals surface area (Å²) in [6.07, 6.45) is 0.780. The number of amides is 3. The van der Waals surface area contributed by atoms with E-state index in [-0.39, 0.29) is 35.9 Å². The molecule has 3 amide bonds. The van der Waals surface area contributed by atoms with Gasteiger partial charge in [-0.25, -0.2) is 12.7 Å². The predicted molar refractivity (Wildman–Crippen MR) is 148 cm³/mol. The minimum Gasteiger partial charge on any atom is -0.354 e. The van der Waals surface area contributed by atoms with E-state index in [0.29, 0.717) is 13.0 Å². The van der Waals surface area contributed by atoms with Crippen molar-refractivity contribution in [1.29, 1.82) is 0 Å². The second-order valence-corrected chi connectivity index (χ2v) is 11.5. The Morgan fingerprint density at radius 3 is 2.26 bits per heavy atom. The lowest BCUT2D eigenvalue weighted by molar-refractivity contribution is -0.141. The quantitative estimate of drug-likeness (QED) is 0.394. The summed E-state index contributed by atoms with van der Waals surface area (Å²) in [4.78, 5) is 41.5. The Kier molecular flexibility index (Phi) is 8.81. The van der Waals surface area contributed by atoms with Gasteiger partial charge in [0.15, 0.2) is 0 Å². The van der Waals surface area contributed by atoms with Crippen molar-refractivity contribution in [3.05, 3.63) is 101 Å². The molecule has 1 N–H and O–H groups in total. The molecule has 1 heterocycles. The Labute approximate surface area is 229 Å². The molecule has 0 unspecified atom stereocenters. The van der Waals surface area contributed by atoms with Crippen molar-refractivity contribution < 1.29 is 22.8 Å². The third-order valence-electron chi connectivity index (χ3n) is 6.73. The zero-order chi connectivity index (χ0) is 28.0. The molecule has 9 heteroatoms. The molecular weight excluding hydrogens is 514 g/mol. The van der Waals surface area contributed by atoms with Crippen LogP contribution >= 0.6 is 0 Å². The number of aryl methyl sites for hydroxylation is 1. The molecule has 0 fully saturated rings. The van der Waals surface area contributed by atoms with Gasteiger partial charge in [0, 0.05) is 32.5 Å². The summed E-state index contributed by atoms with van der Waals surface area (Å²) in [5.74, 6) is -1.34. The van der Waals surface area contributed by atoms with Gasteiger partial charge < -0.3 is 10.2 Å². The molecule has 8 nitrogen and oxygen atoms in total. The van der Waals surface area contributed by atoms with E-state index in [1.807, 2.05) is 68.4 Å². The highest BCUT2D eigenvalue weighted by Crippen LogP contribution is 2.30. The highest BCUT2D eigenvalue weighted by molar-refractivity contribution is 7.90. The molecule has 0 spiro atoms. The molecule has 0 radical (unpaired) electrons. The van der Waals surface area contributed by atoms with Crippen LogP contribution in [0.15, 0.2) is 83.8 Å². The maximum atomic E-state index is 13.8. The van der Waals surface area contributed by atoms with Gasteiger partial charge in [0.05, 0.1) is 5.56 Å². The Morgan fingerprint density at radius 2 is 1.59 bits per heavy atom. The molecule has 39 heavy (non-hydrogen) atoms. The molecule has 1 aliphatic rings. The van der Waals surface area contributed by atoms with Crippen molar-refractivity contribution in [2.24, 2.45) is 0 Å². The maximum absolute atomic E-state index is 13.8. The van der Waals surface area contributed by atoms with E-state index in [2.05, 4.69) is 5.32 Å². The molecule has 0 bridgehead atoms. The first kappa shape index (κ1) is 28.0. The zero-order valence-electron chi connectivity index (χ0n) is 22.2. The van der Waals surface area contributed by atoms with E-state index in [1.54, 1.807) is 12.1 Å². The van der Waals surface area contributed by atoms with Crippen LogP contribution in [-0.4, -0.2) is 54.5 Å². The highest BCUT2D eigenvalue weighted by Gasteiger charge is 2.41. The number of fused-ring (bicyclic) bond motifs is 1. The van der Waals surface area contributed by atoms with Crippen molar-refractivity contribution in [3.63, 3.8) is 0 Å². The largest absolute Gasteiger partial charge is 0.354 e. The van der Waals surface area contributed by atoms with Gasteiger partial charge in [-0.3, -0.25) is 14.4 Å². The van der Waals surface area contributed by atoms with Crippen LogP contribution < -0.4 is 5.32 Å². The second kappa shape index (κ2) is 12.3. The molecule has 0 saturated carbocycles. The van der Waals surface area contributed by atoms with Gasteiger partial charge in [0.2, 0.25) is 11.8 Å². The number of nitrogens with zero attached hydrogens (tertiary/aromatic N) is 2. The Bertz CT molecular complexity index is 1440. The Balaban J connectivity index is 1.62. The van der Waals surface area contributed by atoms with Gasteiger partial charge >= 0.3 is 0 Å². The summed E-state index contributed by atoms with van der Waals surface area (Å²) in [5.41, 5.74) is 2.90. The molecule has 0 aromatic heterocycles. The van der Waals surface area contributed by atoms with Crippen LogP contribution in [0.5, 0.6) is 0 Å². The molecule has 1 atom stereocenters. The third kappa shape index (κ3) is 6.37. The van der Waals surface area contributed by atoms with Crippen LogP contribution in [0.25, 0.3) is 0 Å². The Hall–Kier alpha value is -3.98. The van der Waals surface area contributed by atoms with Gasteiger partial charge in [0.1, 0.15) is 10.9 Å². The molecule has 1 aliphatic heterocycles. The highest BCUT2D eigenvalue weighted by atomic mass is 32.2. The summed E-state index contributed by atoms with van der Waals surface area (Å²) in [7, 11) is -4.04. The van der Waals surface area contributed by atoms with Crippen LogP contribution in [-0.2, 0) is 32.6 Å². The summed E-state index contributed by atoms with van der Waals surface area (Å²) >= 11 is 0. The lowest BCUT2D eigenvalue weighted by Crippen LogP contribution is -2.51. The van der Waals surface area contributed by atoms with Crippen molar-refractivity contribution in [2.45, 2.75) is 50.6 Å². The van der Waals surface area contributed by atoms with Crippen molar-refractivity contribution in [3.8, 4) is 0 Å². The second-order valence-electron chi connectivity index (χ2n) is 9.63. The minimum absolute atomic E-state index is 0.0557. The number of nitrogens with one attached hydrogen (secondary N) is 1. The Morgan fingerprint density at radius 1 is 0.923 bits per heavy atom. The normalized spacial score (nSPS) is 14.5. The summed E-state index contributed by atoms with van der Waals surface area (Å²) in [6.45, 7) is 4.24. The van der Waals surface area contributed by atoms with E-state index in [0.717, 1.165) is 27.4 Å². The number of carbonyl (C=O) groups excluding carboxylic acids is 3. The molecule has 0 saturated heterocycles. The molecule has 204 valence electrons. The minimum atomic E-state index is -4.04. The topological polar surface area (TPSA) is 104 Å².